The summed E-state index contributed by atoms with van der Waals surface area (Å²) in [6.07, 6.45) is 4.63. The van der Waals surface area contributed by atoms with Gasteiger partial charge in [0.15, 0.2) is 9.84 Å². The molecule has 1 saturated heterocycles. The number of hydrogen-bond acceptors (Lipinski definition) is 6. The van der Waals surface area contributed by atoms with Crippen molar-refractivity contribution in [3.8, 4) is 0 Å². The van der Waals surface area contributed by atoms with Gasteiger partial charge >= 0.3 is 0 Å². The molecule has 1 aliphatic heterocycles. The van der Waals surface area contributed by atoms with Crippen LogP contribution in [0.15, 0.2) is 47.6 Å². The highest BCUT2D eigenvalue weighted by Gasteiger charge is 2.23. The number of hydrogen-bond donors (Lipinski definition) is 0. The molecular weight excluding hydrogens is 300 g/mol. The van der Waals surface area contributed by atoms with Crippen LogP contribution >= 0.6 is 0 Å². The van der Waals surface area contributed by atoms with E-state index in [1.54, 1.807) is 24.5 Å². The molecule has 0 saturated carbocycles. The number of piperazine rings is 1. The quantitative estimate of drug-likeness (QED) is 0.847. The van der Waals surface area contributed by atoms with Crippen molar-refractivity contribution in [1.82, 2.24) is 9.97 Å². The van der Waals surface area contributed by atoms with Crippen molar-refractivity contribution < 1.29 is 8.42 Å². The lowest BCUT2D eigenvalue weighted by atomic mass is 10.3. The van der Waals surface area contributed by atoms with E-state index in [0.29, 0.717) is 10.7 Å². The SMILES string of the molecule is CS(=O)(=O)c1cccnc1N1CCN(c2ccccn2)CC1. The van der Waals surface area contributed by atoms with Crippen molar-refractivity contribution in [2.75, 3.05) is 42.2 Å². The van der Waals surface area contributed by atoms with E-state index >= 15 is 0 Å². The van der Waals surface area contributed by atoms with Gasteiger partial charge in [-0.25, -0.2) is 18.4 Å². The third-order valence-electron chi connectivity index (χ3n) is 3.70. The highest BCUT2D eigenvalue weighted by Crippen LogP contribution is 2.24. The van der Waals surface area contributed by atoms with Gasteiger partial charge in [-0.3, -0.25) is 0 Å². The summed E-state index contributed by atoms with van der Waals surface area (Å²) in [4.78, 5) is 13.1. The normalized spacial score (nSPS) is 15.9. The van der Waals surface area contributed by atoms with Gasteiger partial charge in [-0.15, -0.1) is 0 Å². The van der Waals surface area contributed by atoms with Gasteiger partial charge in [-0.1, -0.05) is 6.07 Å². The molecule has 2 aromatic heterocycles. The zero-order valence-corrected chi connectivity index (χ0v) is 13.2. The third-order valence-corrected chi connectivity index (χ3v) is 4.82. The Morgan fingerprint density at radius 2 is 1.59 bits per heavy atom. The standard InChI is InChI=1S/C15H18N4O2S/c1-22(20,21)13-5-4-8-17-15(13)19-11-9-18(10-12-19)14-6-2-3-7-16-14/h2-8H,9-12H2,1H3. The van der Waals surface area contributed by atoms with Crippen LogP contribution in [0.4, 0.5) is 11.6 Å². The van der Waals surface area contributed by atoms with Crippen molar-refractivity contribution in [2.45, 2.75) is 4.90 Å². The first-order valence-electron chi connectivity index (χ1n) is 7.12. The second kappa shape index (κ2) is 5.92. The Morgan fingerprint density at radius 3 is 2.23 bits per heavy atom. The van der Waals surface area contributed by atoms with Crippen LogP contribution in [-0.2, 0) is 9.84 Å². The van der Waals surface area contributed by atoms with Gasteiger partial charge in [0.2, 0.25) is 0 Å². The molecule has 0 aliphatic carbocycles. The van der Waals surface area contributed by atoms with E-state index in [-0.39, 0.29) is 0 Å². The Morgan fingerprint density at radius 1 is 0.909 bits per heavy atom. The topological polar surface area (TPSA) is 66.4 Å². The molecule has 6 nitrogen and oxygen atoms in total. The van der Waals surface area contributed by atoms with Crippen molar-refractivity contribution >= 4 is 21.5 Å². The Balaban J connectivity index is 1.78. The van der Waals surface area contributed by atoms with Gasteiger partial charge < -0.3 is 9.80 Å². The molecule has 0 radical (unpaired) electrons. The molecule has 0 amide bonds. The summed E-state index contributed by atoms with van der Waals surface area (Å²) in [6, 6.07) is 9.12. The molecular formula is C15H18N4O2S. The fourth-order valence-corrected chi connectivity index (χ4v) is 3.44. The van der Waals surface area contributed by atoms with Gasteiger partial charge in [0.1, 0.15) is 16.5 Å². The molecule has 0 bridgehead atoms. The highest BCUT2D eigenvalue weighted by atomic mass is 32.2. The zero-order chi connectivity index (χ0) is 15.6. The van der Waals surface area contributed by atoms with Crippen molar-refractivity contribution in [1.29, 1.82) is 0 Å². The largest absolute Gasteiger partial charge is 0.353 e. The van der Waals surface area contributed by atoms with Gasteiger partial charge in [0, 0.05) is 44.8 Å². The van der Waals surface area contributed by atoms with E-state index in [1.807, 2.05) is 23.1 Å². The Labute approximate surface area is 130 Å². The summed E-state index contributed by atoms with van der Waals surface area (Å²) >= 11 is 0. The molecule has 0 aromatic carbocycles. The first-order chi connectivity index (χ1) is 10.6. The maximum atomic E-state index is 11.9. The van der Waals surface area contributed by atoms with Gasteiger partial charge in [0.05, 0.1) is 0 Å². The summed E-state index contributed by atoms with van der Waals surface area (Å²) < 4.78 is 23.8. The van der Waals surface area contributed by atoms with Crippen LogP contribution in [0.3, 0.4) is 0 Å². The minimum atomic E-state index is -3.28. The van der Waals surface area contributed by atoms with Crippen LogP contribution in [0.25, 0.3) is 0 Å². The maximum absolute atomic E-state index is 11.9. The highest BCUT2D eigenvalue weighted by molar-refractivity contribution is 7.90. The minimum Gasteiger partial charge on any atom is -0.353 e. The lowest BCUT2D eigenvalue weighted by Crippen LogP contribution is -2.47. The fraction of sp³-hybridized carbons (Fsp3) is 0.333. The van der Waals surface area contributed by atoms with E-state index in [0.717, 1.165) is 32.0 Å². The minimum absolute atomic E-state index is 0.293. The average Bonchev–Trinajstić information content (AvgIpc) is 2.55. The molecule has 116 valence electrons. The Bertz CT molecular complexity index is 741. The molecule has 3 rings (SSSR count). The zero-order valence-electron chi connectivity index (χ0n) is 12.4. The number of pyridine rings is 2. The molecule has 0 spiro atoms. The van der Waals surface area contributed by atoms with Crippen LogP contribution < -0.4 is 9.80 Å². The molecule has 22 heavy (non-hydrogen) atoms. The molecule has 1 aliphatic rings. The van der Waals surface area contributed by atoms with Crippen molar-refractivity contribution in [3.05, 3.63) is 42.7 Å². The van der Waals surface area contributed by atoms with E-state index in [2.05, 4.69) is 14.9 Å². The molecule has 1 fully saturated rings. The van der Waals surface area contributed by atoms with E-state index in [9.17, 15) is 8.42 Å². The summed E-state index contributed by atoms with van der Waals surface area (Å²) in [7, 11) is -3.28. The molecule has 0 N–H and O–H groups in total. The van der Waals surface area contributed by atoms with E-state index < -0.39 is 9.84 Å². The smallest absolute Gasteiger partial charge is 0.179 e. The lowest BCUT2D eigenvalue weighted by molar-refractivity contribution is 0.598. The fourth-order valence-electron chi connectivity index (χ4n) is 2.60. The van der Waals surface area contributed by atoms with Crippen molar-refractivity contribution in [2.24, 2.45) is 0 Å². The average molecular weight is 318 g/mol. The van der Waals surface area contributed by atoms with Crippen molar-refractivity contribution in [3.63, 3.8) is 0 Å². The van der Waals surface area contributed by atoms with Crippen LogP contribution in [-0.4, -0.2) is 50.8 Å². The molecule has 0 unspecified atom stereocenters. The number of sulfone groups is 1. The third kappa shape index (κ3) is 3.04. The van der Waals surface area contributed by atoms with E-state index in [4.69, 9.17) is 0 Å². The predicted octanol–water partition coefficient (Wildman–Crippen LogP) is 1.21. The van der Waals surface area contributed by atoms with Crippen LogP contribution in [0.5, 0.6) is 0 Å². The monoisotopic (exact) mass is 318 g/mol. The first-order valence-corrected chi connectivity index (χ1v) is 9.01. The number of aromatic nitrogens is 2. The number of rotatable bonds is 3. The summed E-state index contributed by atoms with van der Waals surface area (Å²) in [5, 5.41) is 0. The number of anilines is 2. The van der Waals surface area contributed by atoms with Crippen LogP contribution in [0.2, 0.25) is 0 Å². The Kier molecular flexibility index (Phi) is 3.98. The molecule has 2 aromatic rings. The second-order valence-corrected chi connectivity index (χ2v) is 7.24. The summed E-state index contributed by atoms with van der Waals surface area (Å²) in [6.45, 7) is 3.01. The van der Waals surface area contributed by atoms with Crippen LogP contribution in [0.1, 0.15) is 0 Å². The molecule has 0 atom stereocenters. The maximum Gasteiger partial charge on any atom is 0.179 e. The van der Waals surface area contributed by atoms with E-state index in [1.165, 1.54) is 6.26 Å². The molecule has 7 heteroatoms. The predicted molar refractivity (Wildman–Crippen MR) is 86.0 cm³/mol. The van der Waals surface area contributed by atoms with Gasteiger partial charge in [0.25, 0.3) is 0 Å². The Hall–Kier alpha value is -2.15. The van der Waals surface area contributed by atoms with Gasteiger partial charge in [-0.05, 0) is 24.3 Å². The molecule has 3 heterocycles. The summed E-state index contributed by atoms with van der Waals surface area (Å²) in [5.74, 6) is 1.50. The van der Waals surface area contributed by atoms with Gasteiger partial charge in [-0.2, -0.15) is 0 Å². The second-order valence-electron chi connectivity index (χ2n) is 5.26. The summed E-state index contributed by atoms with van der Waals surface area (Å²) in [5.41, 5.74) is 0. The van der Waals surface area contributed by atoms with Crippen LogP contribution in [0, 0.1) is 0 Å². The number of nitrogens with zero attached hydrogens (tertiary/aromatic N) is 4. The lowest BCUT2D eigenvalue weighted by Gasteiger charge is -2.36. The first kappa shape index (κ1) is 14.8.